The molecule has 0 spiro atoms. The molecule has 19 heavy (non-hydrogen) atoms. The molecule has 0 aliphatic heterocycles. The van der Waals surface area contributed by atoms with E-state index in [-0.39, 0.29) is 11.9 Å². The molecule has 0 heterocycles. The van der Waals surface area contributed by atoms with Gasteiger partial charge in [0, 0.05) is 12.3 Å². The molecule has 3 nitrogen and oxygen atoms in total. The molecule has 0 aliphatic carbocycles. The first-order chi connectivity index (χ1) is 9.04. The minimum atomic E-state index is -0.419. The summed E-state index contributed by atoms with van der Waals surface area (Å²) in [6, 6.07) is 9.43. The number of rotatable bonds is 6. The van der Waals surface area contributed by atoms with Crippen molar-refractivity contribution in [3.8, 4) is 0 Å². The van der Waals surface area contributed by atoms with E-state index in [4.69, 9.17) is 17.0 Å². The van der Waals surface area contributed by atoms with Gasteiger partial charge in [-0.2, -0.15) is 0 Å². The first-order valence-electron chi connectivity index (χ1n) is 6.55. The van der Waals surface area contributed by atoms with Crippen LogP contribution in [-0.4, -0.2) is 23.6 Å². The SMILES string of the molecule is CCOC(=O)C(Cc1ccccc1)NC(=S)C(C)C. The van der Waals surface area contributed by atoms with E-state index in [1.807, 2.05) is 44.2 Å². The topological polar surface area (TPSA) is 38.3 Å². The van der Waals surface area contributed by atoms with Crippen LogP contribution in [0.4, 0.5) is 0 Å². The van der Waals surface area contributed by atoms with E-state index in [1.54, 1.807) is 6.92 Å². The summed E-state index contributed by atoms with van der Waals surface area (Å²) in [6.07, 6.45) is 0.576. The number of ether oxygens (including phenoxy) is 1. The van der Waals surface area contributed by atoms with Gasteiger partial charge in [-0.05, 0) is 12.5 Å². The normalized spacial score (nSPS) is 12.0. The molecule has 1 atom stereocenters. The van der Waals surface area contributed by atoms with Crippen molar-refractivity contribution in [3.05, 3.63) is 35.9 Å². The molecule has 4 heteroatoms. The van der Waals surface area contributed by atoms with Gasteiger partial charge < -0.3 is 10.1 Å². The standard InChI is InChI=1S/C15H21NO2S/c1-4-18-15(17)13(16-14(19)11(2)3)10-12-8-6-5-7-9-12/h5-9,11,13H,4,10H2,1-3H3,(H,16,19). The van der Waals surface area contributed by atoms with Gasteiger partial charge in [0.25, 0.3) is 0 Å². The summed E-state index contributed by atoms with van der Waals surface area (Å²) >= 11 is 5.25. The van der Waals surface area contributed by atoms with Crippen LogP contribution in [0.2, 0.25) is 0 Å². The van der Waals surface area contributed by atoms with Gasteiger partial charge in [0.05, 0.1) is 11.6 Å². The van der Waals surface area contributed by atoms with Gasteiger partial charge in [0.15, 0.2) is 0 Å². The highest BCUT2D eigenvalue weighted by Crippen LogP contribution is 2.06. The third-order valence-electron chi connectivity index (χ3n) is 2.69. The number of benzene rings is 1. The molecule has 1 aromatic rings. The molecular formula is C15H21NO2S. The number of carbonyl (C=O) groups is 1. The molecule has 0 amide bonds. The van der Waals surface area contributed by atoms with Crippen molar-refractivity contribution < 1.29 is 9.53 Å². The fraction of sp³-hybridized carbons (Fsp3) is 0.467. The van der Waals surface area contributed by atoms with Crippen LogP contribution in [-0.2, 0) is 16.0 Å². The van der Waals surface area contributed by atoms with Crippen LogP contribution in [0.25, 0.3) is 0 Å². The van der Waals surface area contributed by atoms with E-state index in [0.717, 1.165) is 5.56 Å². The molecule has 0 aliphatic rings. The quantitative estimate of drug-likeness (QED) is 0.642. The Kier molecular flexibility index (Phi) is 6.50. The molecule has 0 radical (unpaired) electrons. The lowest BCUT2D eigenvalue weighted by Gasteiger charge is -2.20. The van der Waals surface area contributed by atoms with Crippen LogP contribution in [0, 0.1) is 5.92 Å². The number of esters is 1. The maximum atomic E-state index is 12.0. The molecule has 1 aromatic carbocycles. The highest BCUT2D eigenvalue weighted by molar-refractivity contribution is 7.80. The molecule has 0 bridgehead atoms. The van der Waals surface area contributed by atoms with Crippen molar-refractivity contribution in [1.82, 2.24) is 5.32 Å². The Morgan fingerprint density at radius 3 is 2.47 bits per heavy atom. The van der Waals surface area contributed by atoms with E-state index >= 15 is 0 Å². The number of carbonyl (C=O) groups excluding carboxylic acids is 1. The second-order valence-corrected chi connectivity index (χ2v) is 5.10. The van der Waals surface area contributed by atoms with Crippen molar-refractivity contribution in [2.45, 2.75) is 33.2 Å². The van der Waals surface area contributed by atoms with Crippen LogP contribution in [0.1, 0.15) is 26.3 Å². The molecule has 0 fully saturated rings. The summed E-state index contributed by atoms with van der Waals surface area (Å²) in [6.45, 7) is 6.18. The van der Waals surface area contributed by atoms with Crippen LogP contribution in [0.5, 0.6) is 0 Å². The first-order valence-corrected chi connectivity index (χ1v) is 6.96. The fourth-order valence-electron chi connectivity index (χ4n) is 1.62. The number of thiocarbonyl (C=S) groups is 1. The van der Waals surface area contributed by atoms with Crippen molar-refractivity contribution >= 4 is 23.2 Å². The summed E-state index contributed by atoms with van der Waals surface area (Å²) in [4.78, 5) is 12.7. The molecule has 1 unspecified atom stereocenters. The average Bonchev–Trinajstić information content (AvgIpc) is 2.39. The Bertz CT molecular complexity index is 417. The Labute approximate surface area is 120 Å². The average molecular weight is 279 g/mol. The van der Waals surface area contributed by atoms with Crippen molar-refractivity contribution in [1.29, 1.82) is 0 Å². The predicted octanol–water partition coefficient (Wildman–Crippen LogP) is 2.73. The van der Waals surface area contributed by atoms with Crippen molar-refractivity contribution in [2.75, 3.05) is 6.61 Å². The maximum absolute atomic E-state index is 12.0. The largest absolute Gasteiger partial charge is 0.464 e. The minimum absolute atomic E-state index is 0.211. The van der Waals surface area contributed by atoms with Crippen LogP contribution < -0.4 is 5.32 Å². The summed E-state index contributed by atoms with van der Waals surface area (Å²) in [5, 5.41) is 3.11. The van der Waals surface area contributed by atoms with E-state index in [9.17, 15) is 4.79 Å². The van der Waals surface area contributed by atoms with Gasteiger partial charge in [-0.15, -0.1) is 0 Å². The molecule has 104 valence electrons. The Hall–Kier alpha value is -1.42. The molecule has 0 saturated carbocycles. The lowest BCUT2D eigenvalue weighted by Crippen LogP contribution is -2.44. The highest BCUT2D eigenvalue weighted by atomic mass is 32.1. The summed E-state index contributed by atoms with van der Waals surface area (Å²) < 4.78 is 5.10. The summed E-state index contributed by atoms with van der Waals surface area (Å²) in [7, 11) is 0. The molecule has 0 saturated heterocycles. The Morgan fingerprint density at radius 1 is 1.32 bits per heavy atom. The van der Waals surface area contributed by atoms with Gasteiger partial charge in [0.1, 0.15) is 6.04 Å². The summed E-state index contributed by atoms with van der Waals surface area (Å²) in [5.41, 5.74) is 1.08. The Morgan fingerprint density at radius 2 is 1.95 bits per heavy atom. The van der Waals surface area contributed by atoms with Crippen LogP contribution >= 0.6 is 12.2 Å². The lowest BCUT2D eigenvalue weighted by atomic mass is 10.1. The van der Waals surface area contributed by atoms with Crippen LogP contribution in [0.15, 0.2) is 30.3 Å². The third kappa shape index (κ3) is 5.39. The van der Waals surface area contributed by atoms with Crippen LogP contribution in [0.3, 0.4) is 0 Å². The number of nitrogens with one attached hydrogen (secondary N) is 1. The van der Waals surface area contributed by atoms with Gasteiger partial charge in [0.2, 0.25) is 0 Å². The minimum Gasteiger partial charge on any atom is -0.464 e. The highest BCUT2D eigenvalue weighted by Gasteiger charge is 2.21. The summed E-state index contributed by atoms with van der Waals surface area (Å²) in [5.74, 6) is -0.0444. The second-order valence-electron chi connectivity index (χ2n) is 4.66. The molecular weight excluding hydrogens is 258 g/mol. The predicted molar refractivity (Wildman–Crippen MR) is 81.1 cm³/mol. The zero-order chi connectivity index (χ0) is 14.3. The van der Waals surface area contributed by atoms with E-state index in [2.05, 4.69) is 5.32 Å². The zero-order valence-electron chi connectivity index (χ0n) is 11.7. The van der Waals surface area contributed by atoms with Gasteiger partial charge in [-0.25, -0.2) is 4.79 Å². The maximum Gasteiger partial charge on any atom is 0.328 e. The monoisotopic (exact) mass is 279 g/mol. The third-order valence-corrected chi connectivity index (χ3v) is 3.28. The molecule has 1 rings (SSSR count). The second kappa shape index (κ2) is 7.89. The smallest absolute Gasteiger partial charge is 0.328 e. The van der Waals surface area contributed by atoms with Crippen molar-refractivity contribution in [3.63, 3.8) is 0 Å². The van der Waals surface area contributed by atoms with Gasteiger partial charge in [-0.1, -0.05) is 56.4 Å². The van der Waals surface area contributed by atoms with Crippen molar-refractivity contribution in [2.24, 2.45) is 5.92 Å². The zero-order valence-corrected chi connectivity index (χ0v) is 12.5. The number of hydrogen-bond donors (Lipinski definition) is 1. The Balaban J connectivity index is 2.74. The van der Waals surface area contributed by atoms with E-state index < -0.39 is 6.04 Å². The van der Waals surface area contributed by atoms with Gasteiger partial charge in [-0.3, -0.25) is 0 Å². The van der Waals surface area contributed by atoms with E-state index in [1.165, 1.54) is 0 Å². The molecule has 0 aromatic heterocycles. The fourth-order valence-corrected chi connectivity index (χ4v) is 1.77. The number of hydrogen-bond acceptors (Lipinski definition) is 3. The lowest BCUT2D eigenvalue weighted by molar-refractivity contribution is -0.145. The molecule has 1 N–H and O–H groups in total. The first kappa shape index (κ1) is 15.6. The van der Waals surface area contributed by atoms with Gasteiger partial charge >= 0.3 is 5.97 Å². The van der Waals surface area contributed by atoms with E-state index in [0.29, 0.717) is 18.0 Å².